The van der Waals surface area contributed by atoms with Crippen molar-refractivity contribution in [2.24, 2.45) is 0 Å². The highest BCUT2D eigenvalue weighted by molar-refractivity contribution is 7.92. The molecule has 0 saturated heterocycles. The molecule has 7 nitrogen and oxygen atoms in total. The predicted molar refractivity (Wildman–Crippen MR) is 140 cm³/mol. The van der Waals surface area contributed by atoms with E-state index in [0.29, 0.717) is 17.9 Å². The standard InChI is InChI=1S/C28H32N2O5S/c1-6-23(21-10-14-25(34-5)20(4)16-21)29-28(31)27-17-30(24-13-9-19(3)15-26(24)35-27)36(32,33)22-11-7-18(2)8-12-22/h7-16,23,27H,6,17H2,1-5H3,(H,29,31). The van der Waals surface area contributed by atoms with Crippen molar-refractivity contribution in [1.29, 1.82) is 0 Å². The second kappa shape index (κ2) is 10.2. The Labute approximate surface area is 213 Å². The molecular weight excluding hydrogens is 476 g/mol. The summed E-state index contributed by atoms with van der Waals surface area (Å²) >= 11 is 0. The van der Waals surface area contributed by atoms with Crippen LogP contribution in [0.15, 0.2) is 65.6 Å². The number of carbonyl (C=O) groups excluding carboxylic acids is 1. The van der Waals surface area contributed by atoms with Gasteiger partial charge in [0.15, 0.2) is 6.10 Å². The van der Waals surface area contributed by atoms with Gasteiger partial charge in [-0.05, 0) is 74.2 Å². The van der Waals surface area contributed by atoms with Crippen LogP contribution in [0.5, 0.6) is 11.5 Å². The van der Waals surface area contributed by atoms with E-state index in [1.807, 2.05) is 52.0 Å². The minimum Gasteiger partial charge on any atom is -0.496 e. The number of nitrogens with zero attached hydrogens (tertiary/aromatic N) is 1. The summed E-state index contributed by atoms with van der Waals surface area (Å²) in [6, 6.07) is 17.5. The number of methoxy groups -OCH3 is 1. The Balaban J connectivity index is 1.64. The lowest BCUT2D eigenvalue weighted by atomic mass is 10.0. The van der Waals surface area contributed by atoms with Crippen LogP contribution in [-0.4, -0.2) is 34.1 Å². The summed E-state index contributed by atoms with van der Waals surface area (Å²) < 4.78 is 40.0. The molecule has 1 heterocycles. The second-order valence-corrected chi connectivity index (χ2v) is 11.0. The van der Waals surface area contributed by atoms with Crippen molar-refractivity contribution in [3.8, 4) is 11.5 Å². The van der Waals surface area contributed by atoms with E-state index in [4.69, 9.17) is 9.47 Å². The Morgan fingerprint density at radius 1 is 1.06 bits per heavy atom. The number of anilines is 1. The van der Waals surface area contributed by atoms with Crippen LogP contribution in [0.1, 0.15) is 41.6 Å². The fourth-order valence-corrected chi connectivity index (χ4v) is 5.84. The predicted octanol–water partition coefficient (Wildman–Crippen LogP) is 4.84. The Morgan fingerprint density at radius 3 is 2.39 bits per heavy atom. The summed E-state index contributed by atoms with van der Waals surface area (Å²) in [5.41, 5.74) is 4.20. The summed E-state index contributed by atoms with van der Waals surface area (Å²) in [4.78, 5) is 13.6. The van der Waals surface area contributed by atoms with Gasteiger partial charge in [-0.1, -0.05) is 42.8 Å². The van der Waals surface area contributed by atoms with Crippen LogP contribution in [0.2, 0.25) is 0 Å². The van der Waals surface area contributed by atoms with Gasteiger partial charge in [-0.15, -0.1) is 0 Å². The van der Waals surface area contributed by atoms with Crippen molar-refractivity contribution in [2.45, 2.75) is 51.2 Å². The van der Waals surface area contributed by atoms with Gasteiger partial charge in [-0.3, -0.25) is 9.10 Å². The lowest BCUT2D eigenvalue weighted by Gasteiger charge is -2.35. The average molecular weight is 509 g/mol. The number of ether oxygens (including phenoxy) is 2. The number of aryl methyl sites for hydroxylation is 3. The van der Waals surface area contributed by atoms with Crippen molar-refractivity contribution in [2.75, 3.05) is 18.0 Å². The van der Waals surface area contributed by atoms with Gasteiger partial charge < -0.3 is 14.8 Å². The van der Waals surface area contributed by atoms with Crippen LogP contribution in [0.3, 0.4) is 0 Å². The Bertz CT molecular complexity index is 1370. The van der Waals surface area contributed by atoms with Gasteiger partial charge in [0.25, 0.3) is 15.9 Å². The van der Waals surface area contributed by atoms with Crippen molar-refractivity contribution in [3.05, 3.63) is 82.9 Å². The molecule has 0 aromatic heterocycles. The number of hydrogen-bond acceptors (Lipinski definition) is 5. The summed E-state index contributed by atoms with van der Waals surface area (Å²) in [6.45, 7) is 7.60. The molecule has 4 rings (SSSR count). The Kier molecular flexibility index (Phi) is 7.26. The first-order valence-corrected chi connectivity index (χ1v) is 13.4. The minimum absolute atomic E-state index is 0.129. The number of sulfonamides is 1. The molecule has 1 amide bonds. The number of fused-ring (bicyclic) bond motifs is 1. The van der Waals surface area contributed by atoms with Crippen LogP contribution in [0, 0.1) is 20.8 Å². The first kappa shape index (κ1) is 25.6. The van der Waals surface area contributed by atoms with E-state index >= 15 is 0 Å². The maximum atomic E-state index is 13.6. The summed E-state index contributed by atoms with van der Waals surface area (Å²) in [5.74, 6) is 0.775. The van der Waals surface area contributed by atoms with Crippen molar-refractivity contribution >= 4 is 21.6 Å². The lowest BCUT2D eigenvalue weighted by Crippen LogP contribution is -2.51. The largest absolute Gasteiger partial charge is 0.496 e. The number of hydrogen-bond donors (Lipinski definition) is 1. The monoisotopic (exact) mass is 508 g/mol. The first-order chi connectivity index (χ1) is 17.1. The molecular formula is C28H32N2O5S. The Morgan fingerprint density at radius 2 is 1.75 bits per heavy atom. The fraction of sp³-hybridized carbons (Fsp3) is 0.321. The summed E-state index contributed by atoms with van der Waals surface area (Å²) in [6.07, 6.45) is -0.349. The minimum atomic E-state index is -3.91. The molecule has 190 valence electrons. The van der Waals surface area contributed by atoms with E-state index in [2.05, 4.69) is 5.32 Å². The molecule has 0 aliphatic carbocycles. The van der Waals surface area contributed by atoms with Gasteiger partial charge in [0.1, 0.15) is 11.5 Å². The molecule has 0 radical (unpaired) electrons. The van der Waals surface area contributed by atoms with Crippen molar-refractivity contribution in [3.63, 3.8) is 0 Å². The molecule has 0 spiro atoms. The van der Waals surface area contributed by atoms with Crippen LogP contribution in [-0.2, 0) is 14.8 Å². The second-order valence-electron chi connectivity index (χ2n) is 9.13. The maximum absolute atomic E-state index is 13.6. The zero-order valence-electron chi connectivity index (χ0n) is 21.2. The smallest absolute Gasteiger partial charge is 0.264 e. The third-order valence-corrected chi connectivity index (χ3v) is 8.23. The highest BCUT2D eigenvalue weighted by Gasteiger charge is 2.38. The SMILES string of the molecule is CCC(NC(=O)C1CN(S(=O)(=O)c2ccc(C)cc2)c2ccc(C)cc2O1)c1ccc(OC)c(C)c1. The zero-order chi connectivity index (χ0) is 26.0. The maximum Gasteiger partial charge on any atom is 0.264 e. The van der Waals surface area contributed by atoms with E-state index in [0.717, 1.165) is 28.0 Å². The van der Waals surface area contributed by atoms with Gasteiger partial charge in [0, 0.05) is 0 Å². The quantitative estimate of drug-likeness (QED) is 0.494. The van der Waals surface area contributed by atoms with E-state index in [9.17, 15) is 13.2 Å². The number of amides is 1. The fourth-order valence-electron chi connectivity index (χ4n) is 4.37. The zero-order valence-corrected chi connectivity index (χ0v) is 22.1. The third-order valence-electron chi connectivity index (χ3n) is 6.43. The lowest BCUT2D eigenvalue weighted by molar-refractivity contribution is -0.128. The van der Waals surface area contributed by atoms with Crippen molar-refractivity contribution < 1.29 is 22.7 Å². The molecule has 0 saturated carbocycles. The number of carbonyl (C=O) groups is 1. The van der Waals surface area contributed by atoms with E-state index in [1.165, 1.54) is 4.31 Å². The highest BCUT2D eigenvalue weighted by Crippen LogP contribution is 2.38. The molecule has 2 unspecified atom stereocenters. The molecule has 3 aromatic rings. The van der Waals surface area contributed by atoms with Gasteiger partial charge in [0.2, 0.25) is 0 Å². The molecule has 1 aliphatic rings. The number of benzene rings is 3. The normalized spacial score (nSPS) is 16.0. The van der Waals surface area contributed by atoms with Crippen LogP contribution in [0.4, 0.5) is 5.69 Å². The molecule has 8 heteroatoms. The van der Waals surface area contributed by atoms with E-state index in [-0.39, 0.29) is 23.4 Å². The van der Waals surface area contributed by atoms with E-state index in [1.54, 1.807) is 43.5 Å². The molecule has 0 fully saturated rings. The van der Waals surface area contributed by atoms with Gasteiger partial charge in [0.05, 0.1) is 30.3 Å². The first-order valence-electron chi connectivity index (χ1n) is 12.0. The van der Waals surface area contributed by atoms with Crippen LogP contribution < -0.4 is 19.1 Å². The number of rotatable bonds is 7. The molecule has 1 N–H and O–H groups in total. The highest BCUT2D eigenvalue weighted by atomic mass is 32.2. The topological polar surface area (TPSA) is 84.9 Å². The van der Waals surface area contributed by atoms with Crippen LogP contribution in [0.25, 0.3) is 0 Å². The third kappa shape index (κ3) is 5.04. The van der Waals surface area contributed by atoms with Gasteiger partial charge in [-0.25, -0.2) is 8.42 Å². The average Bonchev–Trinajstić information content (AvgIpc) is 2.86. The molecule has 0 bridgehead atoms. The molecule has 1 aliphatic heterocycles. The molecule has 2 atom stereocenters. The van der Waals surface area contributed by atoms with Crippen LogP contribution >= 0.6 is 0 Å². The summed E-state index contributed by atoms with van der Waals surface area (Å²) in [5, 5.41) is 3.06. The number of nitrogens with one attached hydrogen (secondary N) is 1. The Hall–Kier alpha value is -3.52. The summed E-state index contributed by atoms with van der Waals surface area (Å²) in [7, 11) is -2.29. The van der Waals surface area contributed by atoms with Gasteiger partial charge >= 0.3 is 0 Å². The van der Waals surface area contributed by atoms with Crippen molar-refractivity contribution in [1.82, 2.24) is 5.32 Å². The van der Waals surface area contributed by atoms with Gasteiger partial charge in [-0.2, -0.15) is 0 Å². The molecule has 3 aromatic carbocycles. The molecule has 36 heavy (non-hydrogen) atoms. The van der Waals surface area contributed by atoms with E-state index < -0.39 is 16.1 Å².